The Morgan fingerprint density at radius 1 is 1.27 bits per heavy atom. The van der Waals surface area contributed by atoms with E-state index in [0.29, 0.717) is 6.42 Å². The van der Waals surface area contributed by atoms with E-state index in [-0.39, 0.29) is 11.9 Å². The first kappa shape index (κ1) is 14.4. The van der Waals surface area contributed by atoms with Crippen molar-refractivity contribution in [2.24, 2.45) is 0 Å². The van der Waals surface area contributed by atoms with Gasteiger partial charge in [-0.05, 0) is 37.1 Å². The molecule has 3 rings (SSSR count). The molecule has 1 aromatic carbocycles. The molecule has 0 aliphatic carbocycles. The van der Waals surface area contributed by atoms with Gasteiger partial charge in [-0.2, -0.15) is 0 Å². The lowest BCUT2D eigenvalue weighted by Gasteiger charge is -2.10. The van der Waals surface area contributed by atoms with Crippen LogP contribution in [0.1, 0.15) is 36.8 Å². The molecule has 0 fully saturated rings. The number of nitrogens with one attached hydrogen (secondary N) is 1. The van der Waals surface area contributed by atoms with Gasteiger partial charge >= 0.3 is 0 Å². The van der Waals surface area contributed by atoms with Gasteiger partial charge in [0.15, 0.2) is 0 Å². The molecule has 0 unspecified atom stereocenters. The summed E-state index contributed by atoms with van der Waals surface area (Å²) in [6.07, 6.45) is 4.53. The van der Waals surface area contributed by atoms with Crippen molar-refractivity contribution >= 4 is 16.9 Å². The number of fused-ring (bicyclic) bond motifs is 1. The summed E-state index contributed by atoms with van der Waals surface area (Å²) in [6, 6.07) is 9.65. The number of furan rings is 2. The van der Waals surface area contributed by atoms with Crippen LogP contribution in [0.2, 0.25) is 0 Å². The van der Waals surface area contributed by atoms with E-state index in [4.69, 9.17) is 8.83 Å². The largest absolute Gasteiger partial charge is 0.467 e. The van der Waals surface area contributed by atoms with Crippen LogP contribution in [0.4, 0.5) is 0 Å². The molecular formula is C18H19NO3. The van der Waals surface area contributed by atoms with Crippen molar-refractivity contribution in [2.45, 2.75) is 32.7 Å². The van der Waals surface area contributed by atoms with Crippen molar-refractivity contribution in [1.82, 2.24) is 5.32 Å². The van der Waals surface area contributed by atoms with Crippen LogP contribution < -0.4 is 5.32 Å². The topological polar surface area (TPSA) is 55.4 Å². The Kier molecular flexibility index (Phi) is 4.00. The zero-order chi connectivity index (χ0) is 15.5. The van der Waals surface area contributed by atoms with Gasteiger partial charge in [-0.1, -0.05) is 19.1 Å². The lowest BCUT2D eigenvalue weighted by Crippen LogP contribution is -2.27. The fourth-order valence-corrected chi connectivity index (χ4v) is 2.56. The zero-order valence-corrected chi connectivity index (χ0v) is 12.8. The molecule has 0 spiro atoms. The molecule has 114 valence electrons. The molecule has 2 aromatic heterocycles. The lowest BCUT2D eigenvalue weighted by atomic mass is 10.1. The molecule has 22 heavy (non-hydrogen) atoms. The monoisotopic (exact) mass is 297 g/mol. The smallest absolute Gasteiger partial charge is 0.225 e. The minimum absolute atomic E-state index is 0.0498. The number of hydrogen-bond acceptors (Lipinski definition) is 3. The number of aryl methyl sites for hydroxylation is 1. The number of amides is 1. The second-order valence-corrected chi connectivity index (χ2v) is 5.43. The maximum Gasteiger partial charge on any atom is 0.225 e. The summed E-state index contributed by atoms with van der Waals surface area (Å²) >= 11 is 0. The Morgan fingerprint density at radius 3 is 2.86 bits per heavy atom. The van der Waals surface area contributed by atoms with Crippen molar-refractivity contribution < 1.29 is 13.6 Å². The third-order valence-corrected chi connectivity index (χ3v) is 3.83. The van der Waals surface area contributed by atoms with Gasteiger partial charge in [-0.3, -0.25) is 4.79 Å². The summed E-state index contributed by atoms with van der Waals surface area (Å²) in [5, 5.41) is 3.93. The number of hydrogen-bond donors (Lipinski definition) is 1. The lowest BCUT2D eigenvalue weighted by molar-refractivity contribution is -0.121. The van der Waals surface area contributed by atoms with E-state index >= 15 is 0 Å². The van der Waals surface area contributed by atoms with Gasteiger partial charge in [0.1, 0.15) is 11.3 Å². The van der Waals surface area contributed by atoms with E-state index in [1.807, 2.05) is 31.2 Å². The van der Waals surface area contributed by atoms with E-state index in [1.165, 1.54) is 5.56 Å². The van der Waals surface area contributed by atoms with Gasteiger partial charge in [-0.25, -0.2) is 0 Å². The fourth-order valence-electron chi connectivity index (χ4n) is 2.56. The summed E-state index contributed by atoms with van der Waals surface area (Å²) in [6.45, 7) is 4.01. The van der Waals surface area contributed by atoms with Gasteiger partial charge in [0.2, 0.25) is 5.91 Å². The maximum atomic E-state index is 12.2. The Balaban J connectivity index is 1.71. The molecule has 1 atom stereocenters. The molecule has 0 aliphatic rings. The Morgan fingerprint density at radius 2 is 2.14 bits per heavy atom. The summed E-state index contributed by atoms with van der Waals surface area (Å²) < 4.78 is 10.9. The number of carbonyl (C=O) groups is 1. The Labute approximate surface area is 129 Å². The summed E-state index contributed by atoms with van der Waals surface area (Å²) in [7, 11) is 0. The van der Waals surface area contributed by atoms with Crippen LogP contribution in [0, 0.1) is 0 Å². The summed E-state index contributed by atoms with van der Waals surface area (Å²) in [5.74, 6) is 0.698. The van der Waals surface area contributed by atoms with Gasteiger partial charge in [0, 0.05) is 10.9 Å². The van der Waals surface area contributed by atoms with Crippen LogP contribution in [-0.2, 0) is 17.6 Å². The molecule has 4 heteroatoms. The second kappa shape index (κ2) is 6.10. The third-order valence-electron chi connectivity index (χ3n) is 3.83. The van der Waals surface area contributed by atoms with Crippen LogP contribution in [0.15, 0.2) is 51.7 Å². The normalized spacial score (nSPS) is 12.5. The molecule has 2 heterocycles. The van der Waals surface area contributed by atoms with Crippen molar-refractivity contribution in [3.8, 4) is 0 Å². The third kappa shape index (κ3) is 2.91. The Hall–Kier alpha value is -2.49. The van der Waals surface area contributed by atoms with E-state index < -0.39 is 0 Å². The van der Waals surface area contributed by atoms with Gasteiger partial charge < -0.3 is 14.2 Å². The number of carbonyl (C=O) groups excluding carboxylic acids is 1. The average molecular weight is 297 g/mol. The van der Waals surface area contributed by atoms with E-state index in [0.717, 1.165) is 28.7 Å². The van der Waals surface area contributed by atoms with Crippen LogP contribution in [0.5, 0.6) is 0 Å². The predicted octanol–water partition coefficient (Wildman–Crippen LogP) is 4.01. The van der Waals surface area contributed by atoms with Crippen LogP contribution >= 0.6 is 0 Å². The fraction of sp³-hybridized carbons (Fsp3) is 0.278. The minimum Gasteiger partial charge on any atom is -0.467 e. The standard InChI is InChI=1S/C18H19NO3/c1-3-13-6-7-15-14(11-22-17(15)9-13)10-18(20)19-12(2)16-5-4-8-21-16/h4-9,11-12H,3,10H2,1-2H3,(H,19,20)/t12-/m0/s1. The number of benzene rings is 1. The van der Waals surface area contributed by atoms with E-state index in [9.17, 15) is 4.79 Å². The molecule has 0 radical (unpaired) electrons. The van der Waals surface area contributed by atoms with Gasteiger partial charge in [0.05, 0.1) is 25.0 Å². The first-order valence-electron chi connectivity index (χ1n) is 7.49. The molecule has 3 aromatic rings. The average Bonchev–Trinajstić information content (AvgIpc) is 3.16. The minimum atomic E-state index is -0.146. The summed E-state index contributed by atoms with van der Waals surface area (Å²) in [5.41, 5.74) is 2.97. The predicted molar refractivity (Wildman–Crippen MR) is 84.6 cm³/mol. The molecule has 0 saturated heterocycles. The zero-order valence-electron chi connectivity index (χ0n) is 12.8. The molecule has 1 amide bonds. The second-order valence-electron chi connectivity index (χ2n) is 5.43. The Bertz CT molecular complexity index is 771. The molecule has 0 saturated carbocycles. The highest BCUT2D eigenvalue weighted by molar-refractivity contribution is 5.88. The van der Waals surface area contributed by atoms with Crippen molar-refractivity contribution in [1.29, 1.82) is 0 Å². The highest BCUT2D eigenvalue weighted by atomic mass is 16.3. The van der Waals surface area contributed by atoms with E-state index in [2.05, 4.69) is 18.3 Å². The van der Waals surface area contributed by atoms with E-state index in [1.54, 1.807) is 12.5 Å². The highest BCUT2D eigenvalue weighted by Gasteiger charge is 2.15. The van der Waals surface area contributed by atoms with Crippen molar-refractivity contribution in [3.63, 3.8) is 0 Å². The first-order chi connectivity index (χ1) is 10.7. The molecule has 4 nitrogen and oxygen atoms in total. The molecular weight excluding hydrogens is 278 g/mol. The van der Waals surface area contributed by atoms with Crippen LogP contribution in [0.3, 0.4) is 0 Å². The first-order valence-corrected chi connectivity index (χ1v) is 7.49. The number of rotatable bonds is 5. The van der Waals surface area contributed by atoms with Crippen LogP contribution in [0.25, 0.3) is 11.0 Å². The molecule has 0 bridgehead atoms. The molecule has 1 N–H and O–H groups in total. The summed E-state index contributed by atoms with van der Waals surface area (Å²) in [4.78, 5) is 12.2. The van der Waals surface area contributed by atoms with Crippen molar-refractivity contribution in [3.05, 3.63) is 59.7 Å². The van der Waals surface area contributed by atoms with Gasteiger partial charge in [-0.15, -0.1) is 0 Å². The van der Waals surface area contributed by atoms with Crippen molar-refractivity contribution in [2.75, 3.05) is 0 Å². The highest BCUT2D eigenvalue weighted by Crippen LogP contribution is 2.23. The van der Waals surface area contributed by atoms with Crippen LogP contribution in [-0.4, -0.2) is 5.91 Å². The van der Waals surface area contributed by atoms with Gasteiger partial charge in [0.25, 0.3) is 0 Å². The maximum absolute atomic E-state index is 12.2. The SMILES string of the molecule is CCc1ccc2c(CC(=O)N[C@@H](C)c3ccco3)coc2c1. The quantitative estimate of drug-likeness (QED) is 0.774. The molecule has 0 aliphatic heterocycles.